The van der Waals surface area contributed by atoms with Gasteiger partial charge in [-0.25, -0.2) is 4.98 Å². The molecule has 0 atom stereocenters. The summed E-state index contributed by atoms with van der Waals surface area (Å²) in [6.45, 7) is 1.51. The first-order chi connectivity index (χ1) is 11.3. The molecule has 0 bridgehead atoms. The number of nitrogens with one attached hydrogen (secondary N) is 1. The zero-order valence-electron chi connectivity index (χ0n) is 12.3. The van der Waals surface area contributed by atoms with Gasteiger partial charge in [0, 0.05) is 25.5 Å². The van der Waals surface area contributed by atoms with E-state index >= 15 is 0 Å². The molecule has 1 aliphatic heterocycles. The zero-order valence-corrected chi connectivity index (χ0v) is 12.3. The predicted octanol–water partition coefficient (Wildman–Crippen LogP) is 1.66. The van der Waals surface area contributed by atoms with Crippen LogP contribution in [-0.2, 0) is 4.74 Å². The van der Waals surface area contributed by atoms with E-state index in [0.29, 0.717) is 22.8 Å². The quantitative estimate of drug-likeness (QED) is 0.790. The van der Waals surface area contributed by atoms with Gasteiger partial charge in [0.15, 0.2) is 0 Å². The third kappa shape index (κ3) is 2.80. The molecule has 23 heavy (non-hydrogen) atoms. The lowest BCUT2D eigenvalue weighted by Gasteiger charge is -2.22. The molecule has 0 radical (unpaired) electrons. The van der Waals surface area contributed by atoms with Crippen molar-refractivity contribution in [3.05, 3.63) is 41.3 Å². The molecule has 1 fully saturated rings. The van der Waals surface area contributed by atoms with Crippen LogP contribution in [0.5, 0.6) is 11.9 Å². The molecule has 0 aliphatic carbocycles. The molecule has 8 heteroatoms. The van der Waals surface area contributed by atoms with Crippen molar-refractivity contribution in [1.29, 1.82) is 0 Å². The van der Waals surface area contributed by atoms with Gasteiger partial charge in [0.1, 0.15) is 0 Å². The van der Waals surface area contributed by atoms with Gasteiger partial charge in [0.05, 0.1) is 29.6 Å². The molecule has 8 nitrogen and oxygen atoms in total. The van der Waals surface area contributed by atoms with Crippen molar-refractivity contribution >= 4 is 10.9 Å². The van der Waals surface area contributed by atoms with E-state index in [9.17, 15) is 4.79 Å². The Bertz CT molecular complexity index is 882. The maximum absolute atomic E-state index is 12.0. The van der Waals surface area contributed by atoms with Gasteiger partial charge in [-0.2, -0.15) is 4.98 Å². The fraction of sp³-hybridized carbons (Fsp3) is 0.333. The largest absolute Gasteiger partial charge is 0.405 e. The summed E-state index contributed by atoms with van der Waals surface area (Å²) >= 11 is 0. The number of aromatic amines is 1. The number of hydrogen-bond acceptors (Lipinski definition) is 6. The Morgan fingerprint density at radius 3 is 3.09 bits per heavy atom. The Labute approximate surface area is 131 Å². The molecule has 0 saturated carbocycles. The van der Waals surface area contributed by atoms with Crippen molar-refractivity contribution in [2.45, 2.75) is 18.9 Å². The van der Waals surface area contributed by atoms with Crippen LogP contribution in [0.4, 0.5) is 0 Å². The number of nitrogens with zero attached hydrogens (tertiary/aromatic N) is 4. The van der Waals surface area contributed by atoms with Crippen molar-refractivity contribution in [3.63, 3.8) is 0 Å². The minimum absolute atomic E-state index is 0.104. The van der Waals surface area contributed by atoms with Crippen LogP contribution in [0.1, 0.15) is 18.9 Å². The molecule has 3 aromatic rings. The summed E-state index contributed by atoms with van der Waals surface area (Å²) < 4.78 is 13.0. The summed E-state index contributed by atoms with van der Waals surface area (Å²) in [6.07, 6.45) is 8.52. The second kappa shape index (κ2) is 5.81. The number of rotatable bonds is 3. The van der Waals surface area contributed by atoms with Crippen LogP contribution in [0.25, 0.3) is 10.9 Å². The molecule has 1 saturated heterocycles. The van der Waals surface area contributed by atoms with Crippen LogP contribution in [0.15, 0.2) is 35.8 Å². The zero-order chi connectivity index (χ0) is 15.6. The molecule has 1 aliphatic rings. The molecule has 0 aromatic carbocycles. The Morgan fingerprint density at radius 1 is 1.35 bits per heavy atom. The number of aromatic nitrogens is 5. The Morgan fingerprint density at radius 2 is 2.22 bits per heavy atom. The molecule has 1 N–H and O–H groups in total. The van der Waals surface area contributed by atoms with Crippen molar-refractivity contribution in [3.8, 4) is 11.9 Å². The summed E-state index contributed by atoms with van der Waals surface area (Å²) in [4.78, 5) is 27.0. The second-order valence-electron chi connectivity index (χ2n) is 5.37. The topological polar surface area (TPSA) is 94.9 Å². The van der Waals surface area contributed by atoms with Gasteiger partial charge in [0.2, 0.25) is 5.88 Å². The first-order valence-electron chi connectivity index (χ1n) is 7.43. The second-order valence-corrected chi connectivity index (χ2v) is 5.37. The Balaban J connectivity index is 1.58. The van der Waals surface area contributed by atoms with Crippen molar-refractivity contribution < 1.29 is 9.47 Å². The Kier molecular flexibility index (Phi) is 3.51. The highest BCUT2D eigenvalue weighted by atomic mass is 16.5. The number of H-pyrrole nitrogens is 1. The number of pyridine rings is 1. The van der Waals surface area contributed by atoms with Gasteiger partial charge >= 0.3 is 6.01 Å². The fourth-order valence-corrected chi connectivity index (χ4v) is 2.67. The molecular formula is C15H15N5O3. The lowest BCUT2D eigenvalue weighted by atomic mass is 10.1. The van der Waals surface area contributed by atoms with Crippen molar-refractivity contribution in [1.82, 2.24) is 24.5 Å². The number of fused-ring (bicyclic) bond motifs is 1. The van der Waals surface area contributed by atoms with E-state index in [0.717, 1.165) is 26.1 Å². The third-order valence-corrected chi connectivity index (χ3v) is 3.88. The van der Waals surface area contributed by atoms with Crippen LogP contribution in [0.2, 0.25) is 0 Å². The molecule has 3 aromatic heterocycles. The standard InChI is InChI=1S/C15H15N5O3/c21-14-11-1-4-16-7-12(11)18-15(19-14)23-13-8-20(9-17-13)10-2-5-22-6-3-10/h1,4,7-10H,2-3,5-6H2,(H,18,19,21). The van der Waals surface area contributed by atoms with Crippen LogP contribution in [0, 0.1) is 0 Å². The predicted molar refractivity (Wildman–Crippen MR) is 81.5 cm³/mol. The van der Waals surface area contributed by atoms with E-state index in [2.05, 4.69) is 19.9 Å². The summed E-state index contributed by atoms with van der Waals surface area (Å²) in [5.41, 5.74) is 0.214. The van der Waals surface area contributed by atoms with Gasteiger partial charge in [-0.15, -0.1) is 0 Å². The summed E-state index contributed by atoms with van der Waals surface area (Å²) in [5, 5.41) is 0.472. The smallest absolute Gasteiger partial charge is 0.304 e. The highest BCUT2D eigenvalue weighted by Crippen LogP contribution is 2.23. The monoisotopic (exact) mass is 313 g/mol. The summed E-state index contributed by atoms with van der Waals surface area (Å²) in [5.74, 6) is 0.392. The van der Waals surface area contributed by atoms with Gasteiger partial charge in [0.25, 0.3) is 5.56 Å². The normalized spacial score (nSPS) is 15.8. The first kappa shape index (κ1) is 13.9. The van der Waals surface area contributed by atoms with Gasteiger partial charge in [-0.05, 0) is 18.9 Å². The van der Waals surface area contributed by atoms with Crippen LogP contribution in [0.3, 0.4) is 0 Å². The van der Waals surface area contributed by atoms with Crippen molar-refractivity contribution in [2.24, 2.45) is 0 Å². The lowest BCUT2D eigenvalue weighted by Crippen LogP contribution is -2.18. The van der Waals surface area contributed by atoms with Gasteiger partial charge in [-0.1, -0.05) is 0 Å². The van der Waals surface area contributed by atoms with Crippen molar-refractivity contribution in [2.75, 3.05) is 13.2 Å². The maximum Gasteiger partial charge on any atom is 0.304 e. The molecule has 118 valence electrons. The average Bonchev–Trinajstić information content (AvgIpc) is 3.04. The van der Waals surface area contributed by atoms with E-state index in [-0.39, 0.29) is 11.6 Å². The van der Waals surface area contributed by atoms with Crippen LogP contribution in [-0.4, -0.2) is 37.7 Å². The van der Waals surface area contributed by atoms with E-state index in [1.807, 2.05) is 10.8 Å². The minimum atomic E-state index is -0.267. The van der Waals surface area contributed by atoms with E-state index in [4.69, 9.17) is 9.47 Å². The first-order valence-corrected chi connectivity index (χ1v) is 7.43. The van der Waals surface area contributed by atoms with E-state index in [1.165, 1.54) is 6.20 Å². The van der Waals surface area contributed by atoms with Crippen LogP contribution < -0.4 is 10.3 Å². The maximum atomic E-state index is 12.0. The number of ether oxygens (including phenoxy) is 2. The third-order valence-electron chi connectivity index (χ3n) is 3.88. The molecule has 4 rings (SSSR count). The average molecular weight is 313 g/mol. The Hall–Kier alpha value is -2.74. The summed E-state index contributed by atoms with van der Waals surface area (Å²) in [6, 6.07) is 2.08. The minimum Gasteiger partial charge on any atom is -0.405 e. The number of hydrogen-bond donors (Lipinski definition) is 1. The molecule has 0 spiro atoms. The fourth-order valence-electron chi connectivity index (χ4n) is 2.67. The molecule has 0 amide bonds. The van der Waals surface area contributed by atoms with Gasteiger partial charge < -0.3 is 14.0 Å². The SMILES string of the molecule is O=c1[nH]c(Oc2cn(C3CCOCC3)cn2)nc2cnccc12. The molecular weight excluding hydrogens is 298 g/mol. The lowest BCUT2D eigenvalue weighted by molar-refractivity contribution is 0.0695. The molecule has 0 unspecified atom stereocenters. The van der Waals surface area contributed by atoms with Crippen LogP contribution >= 0.6 is 0 Å². The van der Waals surface area contributed by atoms with Gasteiger partial charge in [-0.3, -0.25) is 14.8 Å². The summed E-state index contributed by atoms with van der Waals surface area (Å²) in [7, 11) is 0. The van der Waals surface area contributed by atoms with E-state index in [1.54, 1.807) is 18.6 Å². The van der Waals surface area contributed by atoms with E-state index < -0.39 is 0 Å². The molecule has 4 heterocycles. The highest BCUT2D eigenvalue weighted by molar-refractivity contribution is 5.76. The highest BCUT2D eigenvalue weighted by Gasteiger charge is 2.16. The number of imidazole rings is 1.